The van der Waals surface area contributed by atoms with Gasteiger partial charge in [-0.05, 0) is 18.4 Å². The van der Waals surface area contributed by atoms with Crippen LogP contribution in [0, 0.1) is 5.92 Å². The van der Waals surface area contributed by atoms with E-state index in [9.17, 15) is 0 Å². The number of benzene rings is 1. The zero-order valence-electron chi connectivity index (χ0n) is 12.8. The summed E-state index contributed by atoms with van der Waals surface area (Å²) < 4.78 is 8.01. The Morgan fingerprint density at radius 3 is 2.78 bits per heavy atom. The Bertz CT molecular complexity index is 801. The molecule has 1 fully saturated rings. The minimum absolute atomic E-state index is 0.380. The number of fused-ring (bicyclic) bond motifs is 1. The summed E-state index contributed by atoms with van der Waals surface area (Å²) in [5, 5.41) is 0. The number of hydrogen-bond acceptors (Lipinski definition) is 5. The number of nitrogens with zero attached hydrogens (tertiary/aromatic N) is 4. The fourth-order valence-electron chi connectivity index (χ4n) is 3.13. The molecule has 0 amide bonds. The smallest absolute Gasteiger partial charge is 0.165 e. The van der Waals surface area contributed by atoms with Crippen LogP contribution in [0.15, 0.2) is 43.0 Å². The van der Waals surface area contributed by atoms with Gasteiger partial charge in [0.2, 0.25) is 0 Å². The summed E-state index contributed by atoms with van der Waals surface area (Å²) in [4.78, 5) is 12.7. The molecule has 6 nitrogen and oxygen atoms in total. The number of hydrogen-bond donors (Lipinski definition) is 1. The zero-order chi connectivity index (χ0) is 15.6. The second kappa shape index (κ2) is 5.96. The van der Waals surface area contributed by atoms with E-state index < -0.39 is 0 Å². The number of imidazole rings is 1. The maximum Gasteiger partial charge on any atom is 0.165 e. The van der Waals surface area contributed by atoms with Crippen LogP contribution in [0.3, 0.4) is 0 Å². The van der Waals surface area contributed by atoms with Gasteiger partial charge in [0.1, 0.15) is 11.8 Å². The zero-order valence-corrected chi connectivity index (χ0v) is 12.8. The molecule has 0 saturated heterocycles. The fraction of sp³-hybridized carbons (Fsp3) is 0.353. The van der Waals surface area contributed by atoms with Crippen LogP contribution in [0.2, 0.25) is 0 Å². The first-order valence-corrected chi connectivity index (χ1v) is 7.87. The summed E-state index contributed by atoms with van der Waals surface area (Å²) >= 11 is 0. The quantitative estimate of drug-likeness (QED) is 0.783. The Balaban J connectivity index is 1.42. The number of nitrogens with two attached hydrogens (primary N) is 1. The number of nitrogen functional groups attached to an aromatic ring is 1. The average molecular weight is 309 g/mol. The molecule has 1 aromatic carbocycles. The minimum Gasteiger partial charge on any atom is -0.382 e. The molecule has 118 valence electrons. The molecule has 0 spiro atoms. The number of rotatable bonds is 5. The Morgan fingerprint density at radius 2 is 2.00 bits per heavy atom. The van der Waals surface area contributed by atoms with Crippen molar-refractivity contribution in [1.82, 2.24) is 19.5 Å². The highest BCUT2D eigenvalue weighted by atomic mass is 16.5. The minimum atomic E-state index is 0.380. The Morgan fingerprint density at radius 1 is 1.13 bits per heavy atom. The Labute approximate surface area is 134 Å². The van der Waals surface area contributed by atoms with E-state index in [2.05, 4.69) is 31.7 Å². The van der Waals surface area contributed by atoms with Crippen LogP contribution >= 0.6 is 0 Å². The molecule has 3 aromatic rings. The summed E-state index contributed by atoms with van der Waals surface area (Å²) in [7, 11) is 0. The third-order valence-corrected chi connectivity index (χ3v) is 4.57. The monoisotopic (exact) mass is 309 g/mol. The van der Waals surface area contributed by atoms with Gasteiger partial charge in [0.25, 0.3) is 0 Å². The first-order chi connectivity index (χ1) is 11.3. The lowest BCUT2D eigenvalue weighted by Crippen LogP contribution is -2.32. The van der Waals surface area contributed by atoms with E-state index >= 15 is 0 Å². The molecule has 4 rings (SSSR count). The Hall–Kier alpha value is -2.47. The lowest BCUT2D eigenvalue weighted by molar-refractivity contribution is 0.0290. The lowest BCUT2D eigenvalue weighted by Gasteiger charge is -2.37. The molecule has 1 aliphatic carbocycles. The lowest BCUT2D eigenvalue weighted by atomic mass is 9.80. The van der Waals surface area contributed by atoms with Crippen LogP contribution in [0.4, 0.5) is 5.82 Å². The van der Waals surface area contributed by atoms with E-state index in [-0.39, 0.29) is 0 Å². The van der Waals surface area contributed by atoms with E-state index in [1.165, 1.54) is 18.3 Å². The summed E-state index contributed by atoms with van der Waals surface area (Å²) in [6.45, 7) is 1.41. The van der Waals surface area contributed by atoms with Crippen molar-refractivity contribution in [3.63, 3.8) is 0 Å². The van der Waals surface area contributed by atoms with Gasteiger partial charge in [-0.1, -0.05) is 30.3 Å². The first-order valence-electron chi connectivity index (χ1n) is 7.87. The van der Waals surface area contributed by atoms with Crippen LogP contribution in [0.25, 0.3) is 11.2 Å². The highest BCUT2D eigenvalue weighted by Crippen LogP contribution is 2.40. The van der Waals surface area contributed by atoms with Crippen LogP contribution in [-0.2, 0) is 11.3 Å². The van der Waals surface area contributed by atoms with Gasteiger partial charge in [-0.3, -0.25) is 0 Å². The predicted octanol–water partition coefficient (Wildman–Crippen LogP) is 2.58. The van der Waals surface area contributed by atoms with Gasteiger partial charge >= 0.3 is 0 Å². The Kier molecular flexibility index (Phi) is 3.67. The standard InChI is InChI=1S/C17H19N5O/c18-16-15-17(20-10-19-16)22(11-21-15)14-7-6-13(14)9-23-8-12-4-2-1-3-5-12/h1-5,10-11,13-14H,6-9H2,(H2,18,19,20). The normalized spacial score (nSPS) is 20.5. The molecule has 6 heteroatoms. The largest absolute Gasteiger partial charge is 0.382 e. The van der Waals surface area contributed by atoms with Gasteiger partial charge < -0.3 is 15.0 Å². The first kappa shape index (κ1) is 14.1. The van der Waals surface area contributed by atoms with Crippen LogP contribution in [0.5, 0.6) is 0 Å². The van der Waals surface area contributed by atoms with Crippen molar-refractivity contribution in [2.75, 3.05) is 12.3 Å². The maximum absolute atomic E-state index is 5.90. The molecule has 23 heavy (non-hydrogen) atoms. The molecule has 2 heterocycles. The van der Waals surface area contributed by atoms with Crippen molar-refractivity contribution >= 4 is 17.0 Å². The van der Waals surface area contributed by atoms with Gasteiger partial charge in [-0.15, -0.1) is 0 Å². The molecule has 1 saturated carbocycles. The van der Waals surface area contributed by atoms with E-state index in [0.717, 1.165) is 18.7 Å². The maximum atomic E-state index is 5.90. The van der Waals surface area contributed by atoms with Gasteiger partial charge in [0.15, 0.2) is 11.5 Å². The number of anilines is 1. The van der Waals surface area contributed by atoms with Crippen LogP contribution in [-0.4, -0.2) is 26.1 Å². The van der Waals surface area contributed by atoms with Crippen LogP contribution < -0.4 is 5.73 Å². The van der Waals surface area contributed by atoms with Gasteiger partial charge in [0, 0.05) is 12.0 Å². The second-order valence-corrected chi connectivity index (χ2v) is 5.99. The van der Waals surface area contributed by atoms with Crippen molar-refractivity contribution in [3.05, 3.63) is 48.5 Å². The highest BCUT2D eigenvalue weighted by molar-refractivity contribution is 5.81. The average Bonchev–Trinajstić information content (AvgIpc) is 2.97. The highest BCUT2D eigenvalue weighted by Gasteiger charge is 2.33. The summed E-state index contributed by atoms with van der Waals surface area (Å²) in [6, 6.07) is 10.6. The predicted molar refractivity (Wildman–Crippen MR) is 87.6 cm³/mol. The van der Waals surface area contributed by atoms with E-state index in [1.807, 2.05) is 24.5 Å². The molecular weight excluding hydrogens is 290 g/mol. The van der Waals surface area contributed by atoms with E-state index in [0.29, 0.717) is 29.9 Å². The molecule has 1 aliphatic rings. The molecule has 2 unspecified atom stereocenters. The van der Waals surface area contributed by atoms with Gasteiger partial charge in [-0.25, -0.2) is 15.0 Å². The molecule has 2 atom stereocenters. The van der Waals surface area contributed by atoms with E-state index in [1.54, 1.807) is 0 Å². The van der Waals surface area contributed by atoms with E-state index in [4.69, 9.17) is 10.5 Å². The summed E-state index contributed by atoms with van der Waals surface area (Å²) in [6.07, 6.45) is 5.60. The fourth-order valence-corrected chi connectivity index (χ4v) is 3.13. The molecule has 0 bridgehead atoms. The number of aromatic nitrogens is 4. The SMILES string of the molecule is Nc1ncnc2c1ncn2C1CCC1COCc1ccccc1. The van der Waals surface area contributed by atoms with Crippen LogP contribution in [0.1, 0.15) is 24.4 Å². The van der Waals surface area contributed by atoms with Crippen molar-refractivity contribution in [3.8, 4) is 0 Å². The topological polar surface area (TPSA) is 78.9 Å². The van der Waals surface area contributed by atoms with Gasteiger partial charge in [-0.2, -0.15) is 0 Å². The van der Waals surface area contributed by atoms with Gasteiger partial charge in [0.05, 0.1) is 19.5 Å². The molecule has 0 aliphatic heterocycles. The third kappa shape index (κ3) is 2.66. The third-order valence-electron chi connectivity index (χ3n) is 4.57. The second-order valence-electron chi connectivity index (χ2n) is 5.99. The number of ether oxygens (including phenoxy) is 1. The van der Waals surface area contributed by atoms with Crippen molar-refractivity contribution in [1.29, 1.82) is 0 Å². The van der Waals surface area contributed by atoms with Crippen molar-refractivity contribution in [2.45, 2.75) is 25.5 Å². The van der Waals surface area contributed by atoms with Crippen molar-refractivity contribution in [2.24, 2.45) is 5.92 Å². The molecule has 2 aromatic heterocycles. The summed E-state index contributed by atoms with van der Waals surface area (Å²) in [5.74, 6) is 0.928. The van der Waals surface area contributed by atoms with Crippen molar-refractivity contribution < 1.29 is 4.74 Å². The molecular formula is C17H19N5O. The molecule has 0 radical (unpaired) electrons. The summed E-state index contributed by atoms with van der Waals surface area (Å²) in [5.41, 5.74) is 8.56. The molecule has 2 N–H and O–H groups in total.